The first-order valence-corrected chi connectivity index (χ1v) is 12.2. The molecule has 2 amide bonds. The smallest absolute Gasteiger partial charge is 0.318 e. The highest BCUT2D eigenvalue weighted by Gasteiger charge is 2.52. The summed E-state index contributed by atoms with van der Waals surface area (Å²) in [7, 11) is 6.10. The molecule has 1 unspecified atom stereocenters. The standard InChI is InChI=1S/C28H39N3O2/c1-21(2)25(30(3)4)28(23-9-7-6-8-10-23)17-15-27(16-18-28)20-31(26(32)29-27)19-22-11-13-24(33-5)14-12-22/h6-14,21,25H,15-20H2,1-5H3,(H,29,32). The number of rotatable bonds is 7. The van der Waals surface area contributed by atoms with E-state index in [9.17, 15) is 4.79 Å². The van der Waals surface area contributed by atoms with E-state index in [0.29, 0.717) is 18.5 Å². The van der Waals surface area contributed by atoms with Gasteiger partial charge in [-0.15, -0.1) is 0 Å². The number of nitrogens with zero attached hydrogens (tertiary/aromatic N) is 2. The van der Waals surface area contributed by atoms with Crippen LogP contribution in [-0.4, -0.2) is 55.2 Å². The van der Waals surface area contributed by atoms with Crippen LogP contribution in [-0.2, 0) is 12.0 Å². The molecule has 0 radical (unpaired) electrons. The third-order valence-corrected chi connectivity index (χ3v) is 7.89. The van der Waals surface area contributed by atoms with Gasteiger partial charge in [-0.2, -0.15) is 0 Å². The first kappa shape index (κ1) is 23.6. The molecule has 1 N–H and O–H groups in total. The van der Waals surface area contributed by atoms with Crippen LogP contribution in [0.25, 0.3) is 0 Å². The van der Waals surface area contributed by atoms with Gasteiger partial charge in [0, 0.05) is 24.5 Å². The van der Waals surface area contributed by atoms with Gasteiger partial charge in [0.1, 0.15) is 5.75 Å². The average molecular weight is 450 g/mol. The maximum Gasteiger partial charge on any atom is 0.318 e. The molecule has 5 heteroatoms. The van der Waals surface area contributed by atoms with Gasteiger partial charge in [0.2, 0.25) is 0 Å². The van der Waals surface area contributed by atoms with E-state index in [1.165, 1.54) is 5.56 Å². The molecule has 178 valence electrons. The summed E-state index contributed by atoms with van der Waals surface area (Å²) < 4.78 is 5.26. The van der Waals surface area contributed by atoms with Crippen LogP contribution in [0.15, 0.2) is 54.6 Å². The van der Waals surface area contributed by atoms with E-state index < -0.39 is 0 Å². The summed E-state index contributed by atoms with van der Waals surface area (Å²) in [6.07, 6.45) is 4.16. The molecule has 1 saturated heterocycles. The SMILES string of the molecule is COc1ccc(CN2CC3(CCC(c4ccccc4)(C(C(C)C)N(C)C)CC3)NC2=O)cc1. The Morgan fingerprint density at radius 2 is 1.64 bits per heavy atom. The van der Waals surface area contributed by atoms with Crippen molar-refractivity contribution < 1.29 is 9.53 Å². The van der Waals surface area contributed by atoms with E-state index in [-0.39, 0.29) is 17.0 Å². The number of carbonyl (C=O) groups excluding carboxylic acids is 1. The van der Waals surface area contributed by atoms with Gasteiger partial charge in [-0.1, -0.05) is 56.3 Å². The van der Waals surface area contributed by atoms with Crippen molar-refractivity contribution in [3.05, 3.63) is 65.7 Å². The van der Waals surface area contributed by atoms with Crippen molar-refractivity contribution in [2.75, 3.05) is 27.7 Å². The molecule has 1 saturated carbocycles. The van der Waals surface area contributed by atoms with Gasteiger partial charge in [-0.25, -0.2) is 4.79 Å². The van der Waals surface area contributed by atoms with Gasteiger partial charge < -0.3 is 19.9 Å². The molecule has 2 aromatic rings. The lowest BCUT2D eigenvalue weighted by atomic mass is 9.58. The molecular weight excluding hydrogens is 410 g/mol. The Kier molecular flexibility index (Phi) is 6.71. The zero-order valence-corrected chi connectivity index (χ0v) is 20.8. The van der Waals surface area contributed by atoms with Crippen LogP contribution in [0.2, 0.25) is 0 Å². The number of methoxy groups -OCH3 is 1. The summed E-state index contributed by atoms with van der Waals surface area (Å²) in [6.45, 7) is 6.09. The second kappa shape index (κ2) is 9.38. The molecule has 1 heterocycles. The third kappa shape index (κ3) is 4.61. The van der Waals surface area contributed by atoms with Crippen LogP contribution in [0.4, 0.5) is 4.79 Å². The highest BCUT2D eigenvalue weighted by molar-refractivity contribution is 5.78. The van der Waals surface area contributed by atoms with Crippen LogP contribution in [0.3, 0.4) is 0 Å². The molecule has 0 bridgehead atoms. The number of likely N-dealkylation sites (N-methyl/N-ethyl adjacent to an activating group) is 1. The number of ether oxygens (including phenoxy) is 1. The molecule has 0 aromatic heterocycles. The second-order valence-electron chi connectivity index (χ2n) is 10.6. The summed E-state index contributed by atoms with van der Waals surface area (Å²) in [4.78, 5) is 17.3. The Balaban J connectivity index is 1.53. The molecule has 2 aliphatic rings. The Hall–Kier alpha value is -2.53. The second-order valence-corrected chi connectivity index (χ2v) is 10.6. The Bertz CT molecular complexity index is 923. The lowest BCUT2D eigenvalue weighted by Gasteiger charge is -2.52. The number of amides is 2. The number of nitrogens with one attached hydrogen (secondary N) is 1. The number of hydrogen-bond donors (Lipinski definition) is 1. The van der Waals surface area contributed by atoms with Crippen molar-refractivity contribution in [2.45, 2.75) is 63.1 Å². The molecule has 1 aliphatic heterocycles. The summed E-state index contributed by atoms with van der Waals surface area (Å²) >= 11 is 0. The highest BCUT2D eigenvalue weighted by atomic mass is 16.5. The van der Waals surface area contributed by atoms with Crippen LogP contribution < -0.4 is 10.1 Å². The molecular formula is C28H39N3O2. The van der Waals surface area contributed by atoms with Crippen LogP contribution in [0, 0.1) is 5.92 Å². The Morgan fingerprint density at radius 3 is 2.18 bits per heavy atom. The van der Waals surface area contributed by atoms with Crippen molar-refractivity contribution in [2.24, 2.45) is 5.92 Å². The minimum atomic E-state index is -0.129. The van der Waals surface area contributed by atoms with Crippen molar-refractivity contribution in [1.29, 1.82) is 0 Å². The van der Waals surface area contributed by atoms with E-state index in [1.54, 1.807) is 7.11 Å². The fraction of sp³-hybridized carbons (Fsp3) is 0.536. The first-order valence-electron chi connectivity index (χ1n) is 12.2. The Morgan fingerprint density at radius 1 is 1.00 bits per heavy atom. The van der Waals surface area contributed by atoms with Crippen molar-refractivity contribution in [1.82, 2.24) is 15.1 Å². The van der Waals surface area contributed by atoms with Gasteiger partial charge >= 0.3 is 6.03 Å². The largest absolute Gasteiger partial charge is 0.497 e. The Labute approximate surface area is 199 Å². The molecule has 2 fully saturated rings. The lowest BCUT2D eigenvalue weighted by molar-refractivity contribution is 0.0661. The minimum absolute atomic E-state index is 0.0612. The number of hydrogen-bond acceptors (Lipinski definition) is 3. The van der Waals surface area contributed by atoms with Gasteiger partial charge in [-0.05, 0) is 69.0 Å². The third-order valence-electron chi connectivity index (χ3n) is 7.89. The van der Waals surface area contributed by atoms with Crippen LogP contribution >= 0.6 is 0 Å². The van der Waals surface area contributed by atoms with Crippen LogP contribution in [0.5, 0.6) is 5.75 Å². The van der Waals surface area contributed by atoms with E-state index in [0.717, 1.165) is 43.5 Å². The molecule has 33 heavy (non-hydrogen) atoms. The quantitative estimate of drug-likeness (QED) is 0.643. The molecule has 2 aromatic carbocycles. The van der Waals surface area contributed by atoms with E-state index in [4.69, 9.17) is 4.74 Å². The zero-order valence-electron chi connectivity index (χ0n) is 20.8. The molecule has 4 rings (SSSR count). The van der Waals surface area contributed by atoms with E-state index >= 15 is 0 Å². The summed E-state index contributed by atoms with van der Waals surface area (Å²) in [5, 5.41) is 3.40. The van der Waals surface area contributed by atoms with Crippen molar-refractivity contribution in [3.8, 4) is 5.75 Å². The zero-order chi connectivity index (χ0) is 23.6. The minimum Gasteiger partial charge on any atom is -0.497 e. The number of benzene rings is 2. The summed E-state index contributed by atoms with van der Waals surface area (Å²) in [5.74, 6) is 1.38. The van der Waals surface area contributed by atoms with Gasteiger partial charge in [0.15, 0.2) is 0 Å². The normalized spacial score (nSPS) is 26.2. The van der Waals surface area contributed by atoms with Gasteiger partial charge in [0.05, 0.1) is 12.6 Å². The number of carbonyl (C=O) groups is 1. The topological polar surface area (TPSA) is 44.8 Å². The molecule has 1 aliphatic carbocycles. The van der Waals surface area contributed by atoms with E-state index in [2.05, 4.69) is 68.5 Å². The lowest BCUT2D eigenvalue weighted by Crippen LogP contribution is -2.57. The predicted molar refractivity (Wildman–Crippen MR) is 134 cm³/mol. The fourth-order valence-electron chi connectivity index (χ4n) is 6.57. The highest BCUT2D eigenvalue weighted by Crippen LogP contribution is 2.49. The van der Waals surface area contributed by atoms with E-state index in [1.807, 2.05) is 29.2 Å². The molecule has 1 atom stereocenters. The summed E-state index contributed by atoms with van der Waals surface area (Å²) in [5.41, 5.74) is 2.53. The number of urea groups is 1. The van der Waals surface area contributed by atoms with Crippen molar-refractivity contribution >= 4 is 6.03 Å². The fourth-order valence-corrected chi connectivity index (χ4v) is 6.57. The van der Waals surface area contributed by atoms with Gasteiger partial charge in [-0.3, -0.25) is 0 Å². The summed E-state index contributed by atoms with van der Waals surface area (Å²) in [6, 6.07) is 19.6. The molecule has 5 nitrogen and oxygen atoms in total. The molecule has 1 spiro atoms. The van der Waals surface area contributed by atoms with Crippen LogP contribution in [0.1, 0.15) is 50.7 Å². The van der Waals surface area contributed by atoms with Gasteiger partial charge in [0.25, 0.3) is 0 Å². The first-order chi connectivity index (χ1) is 15.8. The predicted octanol–water partition coefficient (Wildman–Crippen LogP) is 5.06. The maximum atomic E-state index is 12.9. The average Bonchev–Trinajstić information content (AvgIpc) is 3.10. The van der Waals surface area contributed by atoms with Crippen molar-refractivity contribution in [3.63, 3.8) is 0 Å². The maximum absolute atomic E-state index is 12.9. The monoisotopic (exact) mass is 449 g/mol.